The number of rotatable bonds is 4. The molecule has 0 unspecified atom stereocenters. The fourth-order valence-electron chi connectivity index (χ4n) is 1.69. The Bertz CT molecular complexity index is 581. The van der Waals surface area contributed by atoms with Crippen LogP contribution in [0.15, 0.2) is 53.4 Å². The summed E-state index contributed by atoms with van der Waals surface area (Å²) in [5.74, 6) is 0.514. The Labute approximate surface area is 116 Å². The van der Waals surface area contributed by atoms with Gasteiger partial charge in [0.15, 0.2) is 0 Å². The highest BCUT2D eigenvalue weighted by atomic mass is 32.2. The minimum atomic E-state index is -0.339. The van der Waals surface area contributed by atoms with Gasteiger partial charge in [0.2, 0.25) is 0 Å². The fourth-order valence-corrected chi connectivity index (χ4v) is 2.64. The van der Waals surface area contributed by atoms with Crippen LogP contribution in [-0.4, -0.2) is 18.2 Å². The van der Waals surface area contributed by atoms with E-state index in [1.165, 1.54) is 18.9 Å². The van der Waals surface area contributed by atoms with E-state index >= 15 is 0 Å². The zero-order valence-corrected chi connectivity index (χ0v) is 11.3. The number of hydrogen-bond acceptors (Lipinski definition) is 4. The van der Waals surface area contributed by atoms with Crippen LogP contribution in [0.3, 0.4) is 0 Å². The number of carbonyl (C=O) groups is 1. The van der Waals surface area contributed by atoms with Crippen LogP contribution in [0.2, 0.25) is 0 Å². The third-order valence-corrected chi connectivity index (χ3v) is 3.78. The Morgan fingerprint density at radius 1 is 1.16 bits per heavy atom. The second-order valence-electron chi connectivity index (χ2n) is 3.91. The zero-order chi connectivity index (χ0) is 13.7. The van der Waals surface area contributed by atoms with E-state index in [0.29, 0.717) is 11.3 Å². The lowest BCUT2D eigenvalue weighted by atomic mass is 10.1. The quantitative estimate of drug-likeness (QED) is 0.685. The second kappa shape index (κ2) is 6.29. The Morgan fingerprint density at radius 3 is 2.58 bits per heavy atom. The van der Waals surface area contributed by atoms with Crippen molar-refractivity contribution in [2.24, 2.45) is 0 Å². The maximum atomic E-state index is 11.6. The van der Waals surface area contributed by atoms with Gasteiger partial charge in [0.25, 0.3) is 0 Å². The highest BCUT2D eigenvalue weighted by Gasteiger charge is 2.11. The first kappa shape index (κ1) is 13.5. The molecule has 2 aromatic rings. The Kier molecular flexibility index (Phi) is 4.47. The summed E-state index contributed by atoms with van der Waals surface area (Å²) in [6.07, 6.45) is 0. The van der Waals surface area contributed by atoms with Gasteiger partial charge >= 0.3 is 5.97 Å². The number of phenolic OH excluding ortho intramolecular Hbond substituents is 1. The van der Waals surface area contributed by atoms with Crippen molar-refractivity contribution in [3.63, 3.8) is 0 Å². The first-order chi connectivity index (χ1) is 9.22. The van der Waals surface area contributed by atoms with Gasteiger partial charge in [0, 0.05) is 10.6 Å². The third kappa shape index (κ3) is 3.29. The fraction of sp³-hybridized carbons (Fsp3) is 0.133. The monoisotopic (exact) mass is 274 g/mol. The molecule has 3 nitrogen and oxygen atoms in total. The topological polar surface area (TPSA) is 46.5 Å². The van der Waals surface area contributed by atoms with E-state index in [4.69, 9.17) is 4.74 Å². The maximum absolute atomic E-state index is 11.6. The van der Waals surface area contributed by atoms with Crippen molar-refractivity contribution in [3.05, 3.63) is 59.7 Å². The number of carbonyl (C=O) groups excluding carboxylic acids is 1. The highest BCUT2D eigenvalue weighted by molar-refractivity contribution is 7.98. The molecule has 4 heteroatoms. The minimum absolute atomic E-state index is 0.253. The van der Waals surface area contributed by atoms with Gasteiger partial charge in [0.05, 0.1) is 12.7 Å². The van der Waals surface area contributed by atoms with Gasteiger partial charge in [0.1, 0.15) is 5.75 Å². The summed E-state index contributed by atoms with van der Waals surface area (Å²) in [6.45, 7) is 0. The molecule has 0 amide bonds. The summed E-state index contributed by atoms with van der Waals surface area (Å²) in [7, 11) is 1.37. The lowest BCUT2D eigenvalue weighted by Crippen LogP contribution is -2.04. The van der Waals surface area contributed by atoms with Crippen molar-refractivity contribution >= 4 is 17.7 Å². The molecule has 0 bridgehead atoms. The van der Waals surface area contributed by atoms with E-state index in [0.717, 1.165) is 10.5 Å². The summed E-state index contributed by atoms with van der Waals surface area (Å²) < 4.78 is 4.76. The Hall–Kier alpha value is -1.94. The molecule has 0 atom stereocenters. The van der Waals surface area contributed by atoms with Crippen molar-refractivity contribution in [1.82, 2.24) is 0 Å². The minimum Gasteiger partial charge on any atom is -0.507 e. The van der Waals surface area contributed by atoms with Gasteiger partial charge in [-0.1, -0.05) is 30.3 Å². The standard InChI is InChI=1S/C15H14O3S/c1-18-15(17)12-7-3-2-6-11(12)10-19-14-9-5-4-8-13(14)16/h2-9,16H,10H2,1H3. The molecular formula is C15H14O3S. The molecule has 19 heavy (non-hydrogen) atoms. The van der Waals surface area contributed by atoms with Gasteiger partial charge in [-0.2, -0.15) is 0 Å². The number of para-hydroxylation sites is 1. The van der Waals surface area contributed by atoms with Crippen molar-refractivity contribution in [3.8, 4) is 5.75 Å². The first-order valence-electron chi connectivity index (χ1n) is 5.79. The van der Waals surface area contributed by atoms with E-state index in [1.807, 2.05) is 24.3 Å². The molecule has 2 aromatic carbocycles. The van der Waals surface area contributed by atoms with Gasteiger partial charge in [-0.05, 0) is 23.8 Å². The zero-order valence-electron chi connectivity index (χ0n) is 10.5. The summed E-state index contributed by atoms with van der Waals surface area (Å²) in [5.41, 5.74) is 1.45. The molecule has 0 saturated carbocycles. The lowest BCUT2D eigenvalue weighted by molar-refractivity contribution is 0.0600. The summed E-state index contributed by atoms with van der Waals surface area (Å²) >= 11 is 1.48. The van der Waals surface area contributed by atoms with Crippen LogP contribution in [-0.2, 0) is 10.5 Å². The lowest BCUT2D eigenvalue weighted by Gasteiger charge is -2.08. The summed E-state index contributed by atoms with van der Waals surface area (Å²) in [6, 6.07) is 14.5. The highest BCUT2D eigenvalue weighted by Crippen LogP contribution is 2.31. The molecule has 0 aliphatic heterocycles. The number of hydrogen-bond donors (Lipinski definition) is 1. The van der Waals surface area contributed by atoms with E-state index in [9.17, 15) is 9.90 Å². The first-order valence-corrected chi connectivity index (χ1v) is 6.78. The van der Waals surface area contributed by atoms with Crippen LogP contribution in [0.25, 0.3) is 0 Å². The SMILES string of the molecule is COC(=O)c1ccccc1CSc1ccccc1O. The average molecular weight is 274 g/mol. The number of ether oxygens (including phenoxy) is 1. The van der Waals surface area contributed by atoms with Crippen LogP contribution in [0.5, 0.6) is 5.75 Å². The maximum Gasteiger partial charge on any atom is 0.338 e. The number of thioether (sulfide) groups is 1. The van der Waals surface area contributed by atoms with Crippen LogP contribution in [0.1, 0.15) is 15.9 Å². The largest absolute Gasteiger partial charge is 0.507 e. The van der Waals surface area contributed by atoms with Crippen LogP contribution in [0, 0.1) is 0 Å². The van der Waals surface area contributed by atoms with E-state index in [1.54, 1.807) is 24.3 Å². The van der Waals surface area contributed by atoms with Crippen molar-refractivity contribution < 1.29 is 14.6 Å². The number of methoxy groups -OCH3 is 1. The molecule has 0 fully saturated rings. The number of phenols is 1. The van der Waals surface area contributed by atoms with Gasteiger partial charge < -0.3 is 9.84 Å². The third-order valence-electron chi connectivity index (χ3n) is 2.67. The van der Waals surface area contributed by atoms with E-state index in [2.05, 4.69) is 0 Å². The molecule has 0 spiro atoms. The summed E-state index contributed by atoms with van der Waals surface area (Å²) in [4.78, 5) is 12.4. The number of benzene rings is 2. The van der Waals surface area contributed by atoms with Crippen LogP contribution < -0.4 is 0 Å². The van der Waals surface area contributed by atoms with Gasteiger partial charge in [-0.25, -0.2) is 4.79 Å². The van der Waals surface area contributed by atoms with Crippen molar-refractivity contribution in [2.75, 3.05) is 7.11 Å². The van der Waals surface area contributed by atoms with Gasteiger partial charge in [-0.3, -0.25) is 0 Å². The molecule has 0 saturated heterocycles. The molecule has 98 valence electrons. The van der Waals surface area contributed by atoms with Crippen LogP contribution >= 0.6 is 11.8 Å². The Morgan fingerprint density at radius 2 is 1.84 bits per heavy atom. The van der Waals surface area contributed by atoms with E-state index in [-0.39, 0.29) is 11.7 Å². The predicted octanol–water partition coefficient (Wildman–Crippen LogP) is 3.47. The molecule has 0 aliphatic rings. The number of aromatic hydroxyl groups is 1. The molecule has 2 rings (SSSR count). The predicted molar refractivity (Wildman–Crippen MR) is 75.4 cm³/mol. The van der Waals surface area contributed by atoms with Crippen molar-refractivity contribution in [2.45, 2.75) is 10.6 Å². The van der Waals surface area contributed by atoms with Crippen LogP contribution in [0.4, 0.5) is 0 Å². The molecule has 1 N–H and O–H groups in total. The number of esters is 1. The smallest absolute Gasteiger partial charge is 0.338 e. The molecule has 0 heterocycles. The normalized spacial score (nSPS) is 10.2. The molecule has 0 aromatic heterocycles. The Balaban J connectivity index is 2.16. The van der Waals surface area contributed by atoms with E-state index < -0.39 is 0 Å². The van der Waals surface area contributed by atoms with Gasteiger partial charge in [-0.15, -0.1) is 11.8 Å². The average Bonchev–Trinajstić information content (AvgIpc) is 2.46. The molecule has 0 aliphatic carbocycles. The van der Waals surface area contributed by atoms with Crippen molar-refractivity contribution in [1.29, 1.82) is 0 Å². The summed E-state index contributed by atoms with van der Waals surface area (Å²) in [5, 5.41) is 9.70. The second-order valence-corrected chi connectivity index (χ2v) is 4.92. The molecular weight excluding hydrogens is 260 g/mol. The molecule has 0 radical (unpaired) electrons.